The molecular weight excluding hydrogens is 290 g/mol. The summed E-state index contributed by atoms with van der Waals surface area (Å²) in [5.41, 5.74) is 1.79. The molecule has 0 saturated carbocycles. The van der Waals surface area contributed by atoms with Crippen molar-refractivity contribution < 1.29 is 14.3 Å². The Labute approximate surface area is 138 Å². The molecule has 0 spiro atoms. The van der Waals surface area contributed by atoms with Crippen LogP contribution in [-0.2, 0) is 4.74 Å². The van der Waals surface area contributed by atoms with Crippen molar-refractivity contribution in [3.05, 3.63) is 41.5 Å². The third kappa shape index (κ3) is 3.31. The SMILES string of the molecule is C/C=C1\c2ccccc2C(=O)N(C(=O)OC(C)(C)C)[C@H]1C(C)C. The molecule has 0 unspecified atom stereocenters. The monoisotopic (exact) mass is 315 g/mol. The maximum absolute atomic E-state index is 12.9. The van der Waals surface area contributed by atoms with E-state index in [0.717, 1.165) is 11.1 Å². The molecular formula is C19H25NO3. The van der Waals surface area contributed by atoms with Crippen molar-refractivity contribution in [2.45, 2.75) is 53.2 Å². The highest BCUT2D eigenvalue weighted by molar-refractivity contribution is 6.10. The zero-order valence-corrected chi connectivity index (χ0v) is 14.7. The largest absolute Gasteiger partial charge is 0.443 e. The first kappa shape index (κ1) is 17.3. The van der Waals surface area contributed by atoms with Crippen LogP contribution in [0.25, 0.3) is 5.57 Å². The van der Waals surface area contributed by atoms with E-state index >= 15 is 0 Å². The van der Waals surface area contributed by atoms with Gasteiger partial charge in [-0.15, -0.1) is 0 Å². The normalized spacial score (nSPS) is 20.0. The second kappa shape index (κ2) is 6.19. The summed E-state index contributed by atoms with van der Waals surface area (Å²) in [5.74, 6) is -0.204. The van der Waals surface area contributed by atoms with Gasteiger partial charge in [-0.25, -0.2) is 9.69 Å². The molecule has 2 rings (SSSR count). The maximum Gasteiger partial charge on any atom is 0.417 e. The Bertz CT molecular complexity index is 653. The van der Waals surface area contributed by atoms with E-state index < -0.39 is 11.7 Å². The lowest BCUT2D eigenvalue weighted by Crippen LogP contribution is -2.52. The van der Waals surface area contributed by atoms with Crippen LogP contribution in [0.3, 0.4) is 0 Å². The van der Waals surface area contributed by atoms with E-state index in [2.05, 4.69) is 0 Å². The Kier molecular flexibility index (Phi) is 4.64. The van der Waals surface area contributed by atoms with Gasteiger partial charge in [-0.05, 0) is 50.8 Å². The molecule has 1 aromatic rings. The highest BCUT2D eigenvalue weighted by Crippen LogP contribution is 2.36. The summed E-state index contributed by atoms with van der Waals surface area (Å²) in [6.45, 7) is 11.3. The first-order valence-corrected chi connectivity index (χ1v) is 7.99. The van der Waals surface area contributed by atoms with E-state index in [-0.39, 0.29) is 17.9 Å². The van der Waals surface area contributed by atoms with Crippen LogP contribution in [0.5, 0.6) is 0 Å². The first-order chi connectivity index (χ1) is 10.7. The minimum absolute atomic E-state index is 0.0889. The van der Waals surface area contributed by atoms with Crippen molar-refractivity contribution in [1.82, 2.24) is 4.90 Å². The molecule has 1 atom stereocenters. The molecule has 4 nitrogen and oxygen atoms in total. The van der Waals surface area contributed by atoms with Gasteiger partial charge < -0.3 is 4.74 Å². The van der Waals surface area contributed by atoms with E-state index in [9.17, 15) is 9.59 Å². The predicted octanol–water partition coefficient (Wildman–Crippen LogP) is 4.51. The summed E-state index contributed by atoms with van der Waals surface area (Å²) >= 11 is 0. The number of imide groups is 1. The Balaban J connectivity index is 2.57. The average Bonchev–Trinajstić information content (AvgIpc) is 2.45. The van der Waals surface area contributed by atoms with E-state index in [0.29, 0.717) is 5.56 Å². The molecule has 0 aromatic heterocycles. The number of nitrogens with zero attached hydrogens (tertiary/aromatic N) is 1. The number of hydrogen-bond acceptors (Lipinski definition) is 3. The van der Waals surface area contributed by atoms with Crippen LogP contribution in [0.15, 0.2) is 30.3 Å². The van der Waals surface area contributed by atoms with Gasteiger partial charge in [0.15, 0.2) is 0 Å². The number of rotatable bonds is 1. The number of fused-ring (bicyclic) bond motifs is 1. The summed E-state index contributed by atoms with van der Waals surface area (Å²) in [6, 6.07) is 7.10. The minimum Gasteiger partial charge on any atom is -0.443 e. The van der Waals surface area contributed by atoms with Crippen molar-refractivity contribution in [1.29, 1.82) is 0 Å². The second-order valence-corrected chi connectivity index (χ2v) is 7.13. The highest BCUT2D eigenvalue weighted by Gasteiger charge is 2.42. The summed E-state index contributed by atoms with van der Waals surface area (Å²) in [4.78, 5) is 26.9. The van der Waals surface area contributed by atoms with E-state index in [1.165, 1.54) is 4.90 Å². The lowest BCUT2D eigenvalue weighted by atomic mass is 9.83. The maximum atomic E-state index is 12.9. The number of carbonyl (C=O) groups is 2. The van der Waals surface area contributed by atoms with Gasteiger partial charge in [0, 0.05) is 5.56 Å². The van der Waals surface area contributed by atoms with Crippen LogP contribution in [0.2, 0.25) is 0 Å². The van der Waals surface area contributed by atoms with Gasteiger partial charge in [0.05, 0.1) is 6.04 Å². The van der Waals surface area contributed by atoms with Crippen LogP contribution >= 0.6 is 0 Å². The average molecular weight is 315 g/mol. The molecule has 1 aliphatic heterocycles. The van der Waals surface area contributed by atoms with Gasteiger partial charge >= 0.3 is 6.09 Å². The fourth-order valence-corrected chi connectivity index (χ4v) is 2.97. The molecule has 1 heterocycles. The number of carbonyl (C=O) groups excluding carboxylic acids is 2. The predicted molar refractivity (Wildman–Crippen MR) is 91.1 cm³/mol. The van der Waals surface area contributed by atoms with Crippen molar-refractivity contribution in [3.63, 3.8) is 0 Å². The number of ether oxygens (including phenoxy) is 1. The molecule has 0 bridgehead atoms. The highest BCUT2D eigenvalue weighted by atomic mass is 16.6. The minimum atomic E-state index is -0.647. The van der Waals surface area contributed by atoms with Crippen molar-refractivity contribution in [2.75, 3.05) is 0 Å². The fraction of sp³-hybridized carbons (Fsp3) is 0.474. The molecule has 0 saturated heterocycles. The summed E-state index contributed by atoms with van der Waals surface area (Å²) in [7, 11) is 0. The zero-order valence-electron chi connectivity index (χ0n) is 14.7. The second-order valence-electron chi connectivity index (χ2n) is 7.13. The molecule has 23 heavy (non-hydrogen) atoms. The summed E-state index contributed by atoms with van der Waals surface area (Å²) in [6.07, 6.45) is 1.39. The zero-order chi connectivity index (χ0) is 17.4. The number of benzene rings is 1. The molecule has 0 fully saturated rings. The van der Waals surface area contributed by atoms with Crippen molar-refractivity contribution in [3.8, 4) is 0 Å². The molecule has 1 aliphatic rings. The van der Waals surface area contributed by atoms with Gasteiger partial charge in [0.2, 0.25) is 0 Å². The Morgan fingerprint density at radius 3 is 2.26 bits per heavy atom. The number of amides is 2. The third-order valence-corrected chi connectivity index (χ3v) is 3.82. The molecule has 124 valence electrons. The van der Waals surface area contributed by atoms with E-state index in [1.54, 1.807) is 26.8 Å². The van der Waals surface area contributed by atoms with Gasteiger partial charge in [-0.3, -0.25) is 4.79 Å². The molecule has 0 aliphatic carbocycles. The van der Waals surface area contributed by atoms with Crippen LogP contribution < -0.4 is 0 Å². The molecule has 2 amide bonds. The lowest BCUT2D eigenvalue weighted by molar-refractivity contribution is 0.0166. The smallest absolute Gasteiger partial charge is 0.417 e. The van der Waals surface area contributed by atoms with Crippen molar-refractivity contribution in [2.24, 2.45) is 5.92 Å². The molecule has 4 heteroatoms. The quantitative estimate of drug-likeness (QED) is 0.766. The molecule has 1 aromatic carbocycles. The van der Waals surface area contributed by atoms with E-state index in [1.807, 2.05) is 45.0 Å². The van der Waals surface area contributed by atoms with Gasteiger partial charge in [0.1, 0.15) is 5.60 Å². The van der Waals surface area contributed by atoms with Crippen molar-refractivity contribution >= 4 is 17.6 Å². The van der Waals surface area contributed by atoms with Gasteiger partial charge in [-0.1, -0.05) is 38.1 Å². The number of allylic oxidation sites excluding steroid dienone is 1. The van der Waals surface area contributed by atoms with Crippen LogP contribution in [-0.4, -0.2) is 28.5 Å². The third-order valence-electron chi connectivity index (χ3n) is 3.82. The first-order valence-electron chi connectivity index (χ1n) is 7.99. The standard InChI is InChI=1S/C19H25NO3/c1-7-13-14-10-8-9-11-15(14)17(21)20(16(13)12(2)3)18(22)23-19(4,5)6/h7-12,16H,1-6H3/b13-7+/t16-/m0/s1. The Morgan fingerprint density at radius 2 is 1.78 bits per heavy atom. The fourth-order valence-electron chi connectivity index (χ4n) is 2.97. The topological polar surface area (TPSA) is 46.6 Å². The van der Waals surface area contributed by atoms with Gasteiger partial charge in [0.25, 0.3) is 5.91 Å². The lowest BCUT2D eigenvalue weighted by Gasteiger charge is -2.39. The Morgan fingerprint density at radius 1 is 1.22 bits per heavy atom. The summed E-state index contributed by atoms with van der Waals surface area (Å²) in [5, 5.41) is 0. The van der Waals surface area contributed by atoms with E-state index in [4.69, 9.17) is 4.74 Å². The molecule has 0 N–H and O–H groups in total. The Hall–Kier alpha value is -2.10. The van der Waals surface area contributed by atoms with Crippen LogP contribution in [0, 0.1) is 5.92 Å². The number of hydrogen-bond donors (Lipinski definition) is 0. The van der Waals surface area contributed by atoms with Gasteiger partial charge in [-0.2, -0.15) is 0 Å². The van der Waals surface area contributed by atoms with Crippen LogP contribution in [0.1, 0.15) is 57.5 Å². The summed E-state index contributed by atoms with van der Waals surface area (Å²) < 4.78 is 5.47. The molecule has 0 radical (unpaired) electrons. The van der Waals surface area contributed by atoms with Crippen LogP contribution in [0.4, 0.5) is 4.79 Å².